The monoisotopic (exact) mass is 369 g/mol. The summed E-state index contributed by atoms with van der Waals surface area (Å²) < 4.78 is 30.1. The number of aromatic nitrogens is 4. The standard InChI is InChI=1S/C18H19N5O2S/c24-26(25,16-5-1-3-13-4-2-9-19-17(13)16)22-10-8-15(11-22)23-12-20-21-18(23)14-6-7-14/h1-5,9,12,14-15H,6-8,10-11H2. The highest BCUT2D eigenvalue weighted by Crippen LogP contribution is 2.40. The molecule has 0 spiro atoms. The molecule has 0 radical (unpaired) electrons. The highest BCUT2D eigenvalue weighted by atomic mass is 32.2. The van der Waals surface area contributed by atoms with E-state index in [1.54, 1.807) is 29.0 Å². The van der Waals surface area contributed by atoms with Gasteiger partial charge in [-0.3, -0.25) is 4.98 Å². The molecule has 1 unspecified atom stereocenters. The fourth-order valence-corrected chi connectivity index (χ4v) is 5.40. The summed E-state index contributed by atoms with van der Waals surface area (Å²) in [7, 11) is -3.59. The van der Waals surface area contributed by atoms with Crippen LogP contribution in [0.15, 0.2) is 47.8 Å². The van der Waals surface area contributed by atoms with E-state index < -0.39 is 10.0 Å². The highest BCUT2D eigenvalue weighted by Gasteiger charge is 2.37. The van der Waals surface area contributed by atoms with Gasteiger partial charge in [0.2, 0.25) is 10.0 Å². The van der Waals surface area contributed by atoms with Crippen molar-refractivity contribution in [3.8, 4) is 0 Å². The van der Waals surface area contributed by atoms with Crippen LogP contribution < -0.4 is 0 Å². The SMILES string of the molecule is O=S(=O)(c1cccc2cccnc12)N1CCC(n2cnnc2C2CC2)C1. The molecule has 8 heteroatoms. The second-order valence-corrected chi connectivity index (χ2v) is 8.91. The van der Waals surface area contributed by atoms with E-state index in [2.05, 4.69) is 19.7 Å². The van der Waals surface area contributed by atoms with Crippen LogP contribution in [0.1, 0.15) is 37.0 Å². The van der Waals surface area contributed by atoms with Gasteiger partial charge in [-0.2, -0.15) is 4.31 Å². The van der Waals surface area contributed by atoms with Crippen molar-refractivity contribution in [1.29, 1.82) is 0 Å². The molecule has 1 saturated heterocycles. The lowest BCUT2D eigenvalue weighted by Gasteiger charge is -2.18. The summed E-state index contributed by atoms with van der Waals surface area (Å²) in [6.45, 7) is 0.946. The summed E-state index contributed by atoms with van der Waals surface area (Å²) in [6.07, 6.45) is 6.44. The minimum Gasteiger partial charge on any atom is -0.313 e. The Morgan fingerprint density at radius 2 is 1.92 bits per heavy atom. The van der Waals surface area contributed by atoms with Crippen molar-refractivity contribution in [2.45, 2.75) is 36.1 Å². The van der Waals surface area contributed by atoms with Crippen LogP contribution in [-0.4, -0.2) is 45.6 Å². The molecule has 1 aliphatic heterocycles. The third-order valence-corrected chi connectivity index (χ3v) is 7.17. The summed E-state index contributed by atoms with van der Waals surface area (Å²) in [5.74, 6) is 1.49. The van der Waals surface area contributed by atoms with E-state index >= 15 is 0 Å². The summed E-state index contributed by atoms with van der Waals surface area (Å²) >= 11 is 0. The number of pyridine rings is 1. The quantitative estimate of drug-likeness (QED) is 0.705. The fourth-order valence-electron chi connectivity index (χ4n) is 3.75. The Labute approximate surface area is 151 Å². The molecule has 2 aliphatic rings. The molecule has 2 fully saturated rings. The zero-order valence-corrected chi connectivity index (χ0v) is 15.0. The molecule has 0 bridgehead atoms. The smallest absolute Gasteiger partial charge is 0.245 e. The zero-order valence-electron chi connectivity index (χ0n) is 14.2. The number of para-hydroxylation sites is 1. The van der Waals surface area contributed by atoms with Crippen LogP contribution in [0, 0.1) is 0 Å². The van der Waals surface area contributed by atoms with Crippen LogP contribution in [-0.2, 0) is 10.0 Å². The average Bonchev–Trinajstić information content (AvgIpc) is 3.18. The second kappa shape index (κ2) is 5.85. The minimum atomic E-state index is -3.59. The number of fused-ring (bicyclic) bond motifs is 1. The second-order valence-electron chi connectivity index (χ2n) is 7.01. The van der Waals surface area contributed by atoms with E-state index in [0.29, 0.717) is 24.5 Å². The van der Waals surface area contributed by atoms with Crippen LogP contribution >= 0.6 is 0 Å². The van der Waals surface area contributed by atoms with Crippen LogP contribution in [0.25, 0.3) is 10.9 Å². The predicted octanol–water partition coefficient (Wildman–Crippen LogP) is 2.34. The minimum absolute atomic E-state index is 0.0957. The Bertz CT molecular complexity index is 1070. The van der Waals surface area contributed by atoms with Crippen molar-refractivity contribution in [3.63, 3.8) is 0 Å². The first-order chi connectivity index (χ1) is 12.6. The molecule has 26 heavy (non-hydrogen) atoms. The van der Waals surface area contributed by atoms with Crippen molar-refractivity contribution < 1.29 is 8.42 Å². The van der Waals surface area contributed by atoms with E-state index in [-0.39, 0.29) is 10.9 Å². The van der Waals surface area contributed by atoms with Gasteiger partial charge in [-0.25, -0.2) is 8.42 Å². The lowest BCUT2D eigenvalue weighted by atomic mass is 10.2. The van der Waals surface area contributed by atoms with Gasteiger partial charge in [-0.05, 0) is 31.4 Å². The average molecular weight is 369 g/mol. The molecule has 0 amide bonds. The molecule has 7 nitrogen and oxygen atoms in total. The van der Waals surface area contributed by atoms with Crippen molar-refractivity contribution in [2.75, 3.05) is 13.1 Å². The Morgan fingerprint density at radius 3 is 2.77 bits per heavy atom. The number of rotatable bonds is 4. The first-order valence-corrected chi connectivity index (χ1v) is 10.3. The third-order valence-electron chi connectivity index (χ3n) is 5.28. The van der Waals surface area contributed by atoms with Gasteiger partial charge in [0.1, 0.15) is 17.0 Å². The Kier molecular flexibility index (Phi) is 3.58. The van der Waals surface area contributed by atoms with Gasteiger partial charge < -0.3 is 4.57 Å². The van der Waals surface area contributed by atoms with Crippen LogP contribution in [0.2, 0.25) is 0 Å². The van der Waals surface area contributed by atoms with E-state index in [4.69, 9.17) is 0 Å². The molecule has 1 atom stereocenters. The zero-order chi connectivity index (χ0) is 17.7. The van der Waals surface area contributed by atoms with Gasteiger partial charge in [0.05, 0.1) is 11.6 Å². The number of benzene rings is 1. The lowest BCUT2D eigenvalue weighted by molar-refractivity contribution is 0.446. The van der Waals surface area contributed by atoms with Gasteiger partial charge in [-0.15, -0.1) is 10.2 Å². The molecule has 3 aromatic rings. The largest absolute Gasteiger partial charge is 0.313 e. The number of nitrogens with zero attached hydrogens (tertiary/aromatic N) is 5. The van der Waals surface area contributed by atoms with E-state index in [9.17, 15) is 8.42 Å². The molecule has 2 aromatic heterocycles. The van der Waals surface area contributed by atoms with E-state index in [1.165, 1.54) is 0 Å². The van der Waals surface area contributed by atoms with Crippen molar-refractivity contribution in [2.24, 2.45) is 0 Å². The number of sulfonamides is 1. The van der Waals surface area contributed by atoms with Gasteiger partial charge in [0.25, 0.3) is 0 Å². The maximum absolute atomic E-state index is 13.2. The Hall–Kier alpha value is -2.32. The normalized spacial score (nSPS) is 21.5. The summed E-state index contributed by atoms with van der Waals surface area (Å²) in [5.41, 5.74) is 0.529. The highest BCUT2D eigenvalue weighted by molar-refractivity contribution is 7.89. The van der Waals surface area contributed by atoms with Crippen LogP contribution in [0.4, 0.5) is 0 Å². The molecule has 1 aromatic carbocycles. The van der Waals surface area contributed by atoms with E-state index in [1.807, 2.05) is 18.2 Å². The predicted molar refractivity (Wildman–Crippen MR) is 96.2 cm³/mol. The van der Waals surface area contributed by atoms with Crippen molar-refractivity contribution >= 4 is 20.9 Å². The Morgan fingerprint density at radius 1 is 1.08 bits per heavy atom. The van der Waals surface area contributed by atoms with Gasteiger partial charge in [0, 0.05) is 30.6 Å². The molecule has 1 saturated carbocycles. The van der Waals surface area contributed by atoms with Gasteiger partial charge in [-0.1, -0.05) is 18.2 Å². The summed E-state index contributed by atoms with van der Waals surface area (Å²) in [5, 5.41) is 9.13. The fraction of sp³-hybridized carbons (Fsp3) is 0.389. The van der Waals surface area contributed by atoms with Crippen LogP contribution in [0.5, 0.6) is 0 Å². The third kappa shape index (κ3) is 2.52. The number of hydrogen-bond donors (Lipinski definition) is 0. The van der Waals surface area contributed by atoms with E-state index in [0.717, 1.165) is 30.5 Å². The number of hydrogen-bond acceptors (Lipinski definition) is 5. The molecule has 1 aliphatic carbocycles. The van der Waals surface area contributed by atoms with Gasteiger partial charge in [0.15, 0.2) is 0 Å². The van der Waals surface area contributed by atoms with Crippen molar-refractivity contribution in [3.05, 3.63) is 48.7 Å². The molecule has 3 heterocycles. The topological polar surface area (TPSA) is 81.0 Å². The molecule has 0 N–H and O–H groups in total. The first kappa shape index (κ1) is 15.9. The van der Waals surface area contributed by atoms with Gasteiger partial charge >= 0.3 is 0 Å². The summed E-state index contributed by atoms with van der Waals surface area (Å²) in [4.78, 5) is 4.58. The molecule has 134 valence electrons. The van der Waals surface area contributed by atoms with Crippen molar-refractivity contribution in [1.82, 2.24) is 24.1 Å². The molecular formula is C18H19N5O2S. The summed E-state index contributed by atoms with van der Waals surface area (Å²) in [6, 6.07) is 9.09. The van der Waals surface area contributed by atoms with Crippen LogP contribution in [0.3, 0.4) is 0 Å². The molecular weight excluding hydrogens is 350 g/mol. The Balaban J connectivity index is 1.47. The first-order valence-electron chi connectivity index (χ1n) is 8.88. The lowest BCUT2D eigenvalue weighted by Crippen LogP contribution is -2.29. The maximum atomic E-state index is 13.2. The molecule has 5 rings (SSSR count). The maximum Gasteiger partial charge on any atom is 0.245 e.